The highest BCUT2D eigenvalue weighted by molar-refractivity contribution is 5.92. The van der Waals surface area contributed by atoms with E-state index in [0.29, 0.717) is 37.6 Å². The van der Waals surface area contributed by atoms with Crippen molar-refractivity contribution in [1.29, 1.82) is 0 Å². The lowest BCUT2D eigenvalue weighted by atomic mass is 10.4. The molecule has 2 heterocycles. The van der Waals surface area contributed by atoms with Crippen molar-refractivity contribution in [2.75, 3.05) is 19.6 Å². The average molecular weight is 207 g/mol. The van der Waals surface area contributed by atoms with Crippen LogP contribution in [0.3, 0.4) is 0 Å². The van der Waals surface area contributed by atoms with Crippen molar-refractivity contribution in [1.82, 2.24) is 9.88 Å². The molecule has 0 saturated carbocycles. The van der Waals surface area contributed by atoms with Gasteiger partial charge in [-0.2, -0.15) is 0 Å². The second-order valence-corrected chi connectivity index (χ2v) is 3.35. The Hall–Kier alpha value is -1.62. The fraction of sp³-hybridized carbons (Fsp3) is 0.400. The molecule has 0 unspecified atom stereocenters. The summed E-state index contributed by atoms with van der Waals surface area (Å²) in [5, 5.41) is 0. The molecule has 1 amide bonds. The van der Waals surface area contributed by atoms with Crippen LogP contribution in [0.15, 0.2) is 22.8 Å². The van der Waals surface area contributed by atoms with Gasteiger partial charge in [-0.05, 0) is 0 Å². The predicted octanol–water partition coefficient (Wildman–Crippen LogP) is 0.188. The van der Waals surface area contributed by atoms with E-state index >= 15 is 0 Å². The number of oxazole rings is 1. The van der Waals surface area contributed by atoms with Crippen LogP contribution in [0.25, 0.3) is 0 Å². The summed E-state index contributed by atoms with van der Waals surface area (Å²) in [5.74, 6) is 0.431. The molecule has 1 aromatic rings. The van der Waals surface area contributed by atoms with Crippen LogP contribution >= 0.6 is 0 Å². The van der Waals surface area contributed by atoms with Crippen molar-refractivity contribution in [2.24, 2.45) is 5.73 Å². The van der Waals surface area contributed by atoms with E-state index < -0.39 is 0 Å². The highest BCUT2D eigenvalue weighted by atomic mass is 16.3. The van der Waals surface area contributed by atoms with Crippen LogP contribution in [-0.4, -0.2) is 35.4 Å². The summed E-state index contributed by atoms with van der Waals surface area (Å²) in [6, 6.07) is 0. The minimum atomic E-state index is -0.0907. The van der Waals surface area contributed by atoms with Gasteiger partial charge in [0.2, 0.25) is 0 Å². The fourth-order valence-corrected chi connectivity index (χ4v) is 1.45. The van der Waals surface area contributed by atoms with Gasteiger partial charge in [-0.15, -0.1) is 0 Å². The van der Waals surface area contributed by atoms with Crippen molar-refractivity contribution < 1.29 is 9.21 Å². The molecule has 0 aromatic carbocycles. The number of aromatic nitrogens is 1. The molecular formula is C10H13N3O2. The largest absolute Gasteiger partial charge is 0.448 e. The van der Waals surface area contributed by atoms with E-state index in [2.05, 4.69) is 4.98 Å². The summed E-state index contributed by atoms with van der Waals surface area (Å²) < 4.78 is 5.13. The van der Waals surface area contributed by atoms with E-state index in [9.17, 15) is 4.79 Å². The Morgan fingerprint density at radius 2 is 2.27 bits per heavy atom. The van der Waals surface area contributed by atoms with Crippen molar-refractivity contribution in [3.8, 4) is 0 Å². The third kappa shape index (κ3) is 2.07. The number of nitrogens with two attached hydrogens (primary N) is 1. The summed E-state index contributed by atoms with van der Waals surface area (Å²) in [5.41, 5.74) is 5.73. The number of amides is 1. The molecule has 0 bridgehead atoms. The second-order valence-electron chi connectivity index (χ2n) is 3.35. The normalized spacial score (nSPS) is 14.9. The number of carbonyl (C=O) groups excluding carboxylic acids is 1. The van der Waals surface area contributed by atoms with Crippen LogP contribution in [0, 0.1) is 0 Å². The topological polar surface area (TPSA) is 72.4 Å². The first kappa shape index (κ1) is 9.92. The van der Waals surface area contributed by atoms with Gasteiger partial charge in [0.25, 0.3) is 5.91 Å². The van der Waals surface area contributed by atoms with Gasteiger partial charge < -0.3 is 15.1 Å². The van der Waals surface area contributed by atoms with Gasteiger partial charge in [0.1, 0.15) is 6.26 Å². The first-order chi connectivity index (χ1) is 7.31. The Kier molecular flexibility index (Phi) is 2.82. The van der Waals surface area contributed by atoms with Gasteiger partial charge in [-0.3, -0.25) is 4.79 Å². The molecule has 2 rings (SSSR count). The molecule has 80 valence electrons. The Bertz CT molecular complexity index is 376. The highest BCUT2D eigenvalue weighted by Gasteiger charge is 2.19. The summed E-state index contributed by atoms with van der Waals surface area (Å²) in [4.78, 5) is 17.6. The van der Waals surface area contributed by atoms with Crippen LogP contribution in [-0.2, 0) is 6.42 Å². The van der Waals surface area contributed by atoms with Gasteiger partial charge >= 0.3 is 0 Å². The Balaban J connectivity index is 2.05. The minimum absolute atomic E-state index is 0.0907. The molecule has 1 aromatic heterocycles. The molecule has 5 heteroatoms. The Morgan fingerprint density at radius 3 is 2.93 bits per heavy atom. The fourth-order valence-electron chi connectivity index (χ4n) is 1.45. The summed E-state index contributed by atoms with van der Waals surface area (Å²) >= 11 is 0. The van der Waals surface area contributed by atoms with E-state index in [1.54, 1.807) is 4.90 Å². The van der Waals surface area contributed by atoms with E-state index in [-0.39, 0.29) is 5.91 Å². The lowest BCUT2D eigenvalue weighted by molar-refractivity contribution is 0.0794. The zero-order chi connectivity index (χ0) is 10.7. The Morgan fingerprint density at radius 1 is 1.53 bits per heavy atom. The smallest absolute Gasteiger partial charge is 0.276 e. The van der Waals surface area contributed by atoms with Gasteiger partial charge in [0, 0.05) is 26.1 Å². The molecule has 2 N–H and O–H groups in total. The number of rotatable bonds is 3. The lowest BCUT2D eigenvalue weighted by Gasteiger charge is -2.12. The first-order valence-electron chi connectivity index (χ1n) is 4.90. The van der Waals surface area contributed by atoms with Crippen molar-refractivity contribution in [3.05, 3.63) is 30.0 Å². The molecule has 0 spiro atoms. The van der Waals surface area contributed by atoms with Crippen molar-refractivity contribution in [3.63, 3.8) is 0 Å². The molecular weight excluding hydrogens is 194 g/mol. The molecule has 1 aliphatic rings. The molecule has 5 nitrogen and oxygen atoms in total. The highest BCUT2D eigenvalue weighted by Crippen LogP contribution is 2.08. The number of hydrogen-bond donors (Lipinski definition) is 1. The Labute approximate surface area is 87.6 Å². The molecule has 15 heavy (non-hydrogen) atoms. The number of nitrogens with zero attached hydrogens (tertiary/aromatic N) is 2. The zero-order valence-corrected chi connectivity index (χ0v) is 8.35. The third-order valence-corrected chi connectivity index (χ3v) is 2.23. The summed E-state index contributed by atoms with van der Waals surface area (Å²) in [6.07, 6.45) is 5.87. The maximum atomic E-state index is 11.8. The van der Waals surface area contributed by atoms with E-state index in [4.69, 9.17) is 10.2 Å². The molecule has 0 saturated heterocycles. The van der Waals surface area contributed by atoms with Crippen LogP contribution in [0.1, 0.15) is 16.4 Å². The minimum Gasteiger partial charge on any atom is -0.448 e. The maximum absolute atomic E-state index is 11.8. The van der Waals surface area contributed by atoms with Crippen LogP contribution < -0.4 is 5.73 Å². The third-order valence-electron chi connectivity index (χ3n) is 2.23. The second kappa shape index (κ2) is 4.27. The zero-order valence-electron chi connectivity index (χ0n) is 8.35. The van der Waals surface area contributed by atoms with Crippen LogP contribution in [0.2, 0.25) is 0 Å². The van der Waals surface area contributed by atoms with Crippen LogP contribution in [0.5, 0.6) is 0 Å². The summed E-state index contributed by atoms with van der Waals surface area (Å²) in [6.45, 7) is 1.77. The number of carbonyl (C=O) groups is 1. The predicted molar refractivity (Wildman–Crippen MR) is 54.3 cm³/mol. The van der Waals surface area contributed by atoms with Gasteiger partial charge in [-0.1, -0.05) is 12.2 Å². The lowest BCUT2D eigenvalue weighted by Crippen LogP contribution is -2.28. The quantitative estimate of drug-likeness (QED) is 0.718. The molecule has 0 atom stereocenters. The number of hydrogen-bond acceptors (Lipinski definition) is 4. The SMILES string of the molecule is NCCc1nc(C(=O)N2CC=CC2)co1. The van der Waals surface area contributed by atoms with Gasteiger partial charge in [-0.25, -0.2) is 4.98 Å². The van der Waals surface area contributed by atoms with Gasteiger partial charge in [0.15, 0.2) is 11.6 Å². The van der Waals surface area contributed by atoms with E-state index in [0.717, 1.165) is 0 Å². The van der Waals surface area contributed by atoms with Gasteiger partial charge in [0.05, 0.1) is 0 Å². The molecule has 0 fully saturated rings. The first-order valence-corrected chi connectivity index (χ1v) is 4.90. The van der Waals surface area contributed by atoms with Crippen molar-refractivity contribution >= 4 is 5.91 Å². The van der Waals surface area contributed by atoms with Crippen LogP contribution in [0.4, 0.5) is 0 Å². The maximum Gasteiger partial charge on any atom is 0.276 e. The molecule has 0 radical (unpaired) electrons. The molecule has 0 aliphatic carbocycles. The van der Waals surface area contributed by atoms with E-state index in [1.165, 1.54) is 6.26 Å². The van der Waals surface area contributed by atoms with E-state index in [1.807, 2.05) is 12.2 Å². The summed E-state index contributed by atoms with van der Waals surface area (Å²) in [7, 11) is 0. The average Bonchev–Trinajstić information content (AvgIpc) is 2.87. The standard InChI is InChI=1S/C10H13N3O2/c11-4-3-9-12-8(7-15-9)10(14)13-5-1-2-6-13/h1-2,7H,3-6,11H2. The monoisotopic (exact) mass is 207 g/mol. The molecule has 1 aliphatic heterocycles. The van der Waals surface area contributed by atoms with Crippen molar-refractivity contribution in [2.45, 2.75) is 6.42 Å².